The lowest BCUT2D eigenvalue weighted by Crippen LogP contribution is -2.18. The zero-order valence-corrected chi connectivity index (χ0v) is 10.6. The molecule has 0 saturated carbocycles. The fourth-order valence-electron chi connectivity index (χ4n) is 1.64. The smallest absolute Gasteiger partial charge is 0.276 e. The van der Waals surface area contributed by atoms with E-state index < -0.39 is 0 Å². The normalized spacial score (nSPS) is 10.3. The van der Waals surface area contributed by atoms with E-state index in [0.29, 0.717) is 28.6 Å². The number of carbonyl (C=O) groups is 1. The summed E-state index contributed by atoms with van der Waals surface area (Å²) in [7, 11) is 0. The summed E-state index contributed by atoms with van der Waals surface area (Å²) in [6, 6.07) is 6.93. The third kappa shape index (κ3) is 2.46. The maximum Gasteiger partial charge on any atom is 0.276 e. The number of aryl methyl sites for hydroxylation is 1. The van der Waals surface area contributed by atoms with Crippen LogP contribution in [0.3, 0.4) is 0 Å². The average Bonchev–Trinajstić information content (AvgIpc) is 2.70. The first-order chi connectivity index (χ1) is 8.61. The average molecular weight is 265 g/mol. The van der Waals surface area contributed by atoms with Crippen molar-refractivity contribution < 1.29 is 4.79 Å². The number of amides is 1. The summed E-state index contributed by atoms with van der Waals surface area (Å²) in [6.45, 7) is 2.47. The van der Waals surface area contributed by atoms with Gasteiger partial charge in [-0.2, -0.15) is 5.10 Å². The van der Waals surface area contributed by atoms with Gasteiger partial charge in [-0.1, -0.05) is 17.7 Å². The van der Waals surface area contributed by atoms with Gasteiger partial charge in [-0.05, 0) is 25.1 Å². The molecule has 0 saturated heterocycles. The molecule has 3 N–H and O–H groups in total. The molecule has 0 radical (unpaired) electrons. The molecule has 2 rings (SSSR count). The van der Waals surface area contributed by atoms with Crippen LogP contribution in [0.2, 0.25) is 5.02 Å². The van der Waals surface area contributed by atoms with Crippen molar-refractivity contribution in [2.24, 2.45) is 0 Å². The highest BCUT2D eigenvalue weighted by molar-refractivity contribution is 6.31. The molecule has 5 nitrogen and oxygen atoms in total. The lowest BCUT2D eigenvalue weighted by Gasteiger charge is -2.07. The second-order valence-corrected chi connectivity index (χ2v) is 4.17. The molecular formula is C12H13ClN4O. The predicted octanol–water partition coefficient (Wildman–Crippen LogP) is 2.39. The van der Waals surface area contributed by atoms with Gasteiger partial charge >= 0.3 is 0 Å². The number of aromatic nitrogens is 2. The van der Waals surface area contributed by atoms with Crippen LogP contribution in [0.25, 0.3) is 0 Å². The Morgan fingerprint density at radius 2 is 2.33 bits per heavy atom. The van der Waals surface area contributed by atoms with Crippen molar-refractivity contribution in [2.45, 2.75) is 13.5 Å². The van der Waals surface area contributed by atoms with Gasteiger partial charge < -0.3 is 11.1 Å². The zero-order valence-electron chi connectivity index (χ0n) is 9.85. The maximum absolute atomic E-state index is 12.1. The van der Waals surface area contributed by atoms with E-state index in [1.165, 1.54) is 6.20 Å². The zero-order chi connectivity index (χ0) is 13.1. The van der Waals surface area contributed by atoms with Gasteiger partial charge in [-0.15, -0.1) is 0 Å². The second-order valence-electron chi connectivity index (χ2n) is 3.73. The lowest BCUT2D eigenvalue weighted by atomic mass is 10.3. The number of nitrogens with one attached hydrogen (secondary N) is 1. The number of hydrogen-bond acceptors (Lipinski definition) is 3. The Kier molecular flexibility index (Phi) is 3.53. The summed E-state index contributed by atoms with van der Waals surface area (Å²) >= 11 is 5.85. The first-order valence-electron chi connectivity index (χ1n) is 5.50. The molecule has 0 unspecified atom stereocenters. The summed E-state index contributed by atoms with van der Waals surface area (Å²) < 4.78 is 1.55. The van der Waals surface area contributed by atoms with E-state index in [-0.39, 0.29) is 5.91 Å². The van der Waals surface area contributed by atoms with E-state index in [4.69, 9.17) is 17.3 Å². The van der Waals surface area contributed by atoms with Gasteiger partial charge in [0.15, 0.2) is 0 Å². The molecule has 6 heteroatoms. The summed E-state index contributed by atoms with van der Waals surface area (Å²) in [5, 5.41) is 7.32. The molecule has 1 aromatic heterocycles. The van der Waals surface area contributed by atoms with Crippen LogP contribution in [0.1, 0.15) is 17.4 Å². The van der Waals surface area contributed by atoms with Gasteiger partial charge in [-0.25, -0.2) is 0 Å². The quantitative estimate of drug-likeness (QED) is 0.894. The Morgan fingerprint density at radius 1 is 1.56 bits per heavy atom. The molecule has 0 aliphatic heterocycles. The van der Waals surface area contributed by atoms with Gasteiger partial charge in [0.2, 0.25) is 0 Å². The molecule has 2 aromatic rings. The summed E-state index contributed by atoms with van der Waals surface area (Å²) in [5.41, 5.74) is 7.07. The monoisotopic (exact) mass is 264 g/mol. The predicted molar refractivity (Wildman–Crippen MR) is 71.7 cm³/mol. The molecule has 1 aromatic carbocycles. The number of hydrogen-bond donors (Lipinski definition) is 2. The van der Waals surface area contributed by atoms with Crippen LogP contribution in [0.4, 0.5) is 11.4 Å². The lowest BCUT2D eigenvalue weighted by molar-refractivity contribution is 0.101. The maximum atomic E-state index is 12.1. The summed E-state index contributed by atoms with van der Waals surface area (Å²) in [5.74, 6) is -0.297. The Labute approximate surface area is 110 Å². The van der Waals surface area contributed by atoms with E-state index in [2.05, 4.69) is 10.4 Å². The number of benzene rings is 1. The fraction of sp³-hybridized carbons (Fsp3) is 0.167. The van der Waals surface area contributed by atoms with Crippen molar-refractivity contribution in [2.75, 3.05) is 11.1 Å². The topological polar surface area (TPSA) is 72.9 Å². The molecule has 0 aliphatic carbocycles. The van der Waals surface area contributed by atoms with Gasteiger partial charge in [0.1, 0.15) is 5.69 Å². The Bertz CT molecular complexity index is 579. The van der Waals surface area contributed by atoms with Crippen LogP contribution in [-0.2, 0) is 6.54 Å². The van der Waals surface area contributed by atoms with E-state index >= 15 is 0 Å². The molecule has 94 valence electrons. The Morgan fingerprint density at radius 3 is 3.00 bits per heavy atom. The summed E-state index contributed by atoms with van der Waals surface area (Å²) in [6.07, 6.45) is 1.47. The molecule has 0 fully saturated rings. The van der Waals surface area contributed by atoms with Gasteiger partial charge in [-0.3, -0.25) is 9.48 Å². The third-order valence-corrected chi connectivity index (χ3v) is 2.70. The SMILES string of the molecule is CCn1ncc(N)c1C(=O)Nc1cccc(Cl)c1. The highest BCUT2D eigenvalue weighted by Crippen LogP contribution is 2.17. The van der Waals surface area contributed by atoms with Crippen molar-refractivity contribution in [3.05, 3.63) is 41.2 Å². The molecule has 0 aliphatic rings. The van der Waals surface area contributed by atoms with Crippen molar-refractivity contribution >= 4 is 28.9 Å². The van der Waals surface area contributed by atoms with Crippen molar-refractivity contribution in [1.82, 2.24) is 9.78 Å². The van der Waals surface area contributed by atoms with Crippen LogP contribution in [0, 0.1) is 0 Å². The van der Waals surface area contributed by atoms with Crippen molar-refractivity contribution in [3.63, 3.8) is 0 Å². The van der Waals surface area contributed by atoms with Crippen molar-refractivity contribution in [1.29, 1.82) is 0 Å². The van der Waals surface area contributed by atoms with Crippen LogP contribution in [0.5, 0.6) is 0 Å². The number of nitrogens with zero attached hydrogens (tertiary/aromatic N) is 2. The molecule has 18 heavy (non-hydrogen) atoms. The third-order valence-electron chi connectivity index (χ3n) is 2.46. The fourth-order valence-corrected chi connectivity index (χ4v) is 1.83. The number of nitrogens with two attached hydrogens (primary N) is 1. The van der Waals surface area contributed by atoms with Crippen LogP contribution in [-0.4, -0.2) is 15.7 Å². The van der Waals surface area contributed by atoms with Gasteiger partial charge in [0.05, 0.1) is 11.9 Å². The number of nitrogen functional groups attached to an aromatic ring is 1. The van der Waals surface area contributed by atoms with E-state index in [1.54, 1.807) is 28.9 Å². The molecule has 0 spiro atoms. The minimum absolute atomic E-state index is 0.297. The first kappa shape index (κ1) is 12.4. The van der Waals surface area contributed by atoms with E-state index in [0.717, 1.165) is 0 Å². The highest BCUT2D eigenvalue weighted by atomic mass is 35.5. The van der Waals surface area contributed by atoms with Crippen LogP contribution >= 0.6 is 11.6 Å². The molecule has 0 bridgehead atoms. The minimum atomic E-state index is -0.297. The van der Waals surface area contributed by atoms with Crippen LogP contribution in [0.15, 0.2) is 30.5 Å². The number of halogens is 1. The first-order valence-corrected chi connectivity index (χ1v) is 5.87. The summed E-state index contributed by atoms with van der Waals surface area (Å²) in [4.78, 5) is 12.1. The Balaban J connectivity index is 2.24. The number of anilines is 2. The Hall–Kier alpha value is -2.01. The molecular weight excluding hydrogens is 252 g/mol. The largest absolute Gasteiger partial charge is 0.396 e. The molecule has 1 heterocycles. The minimum Gasteiger partial charge on any atom is -0.396 e. The van der Waals surface area contributed by atoms with Gasteiger partial charge in [0.25, 0.3) is 5.91 Å². The van der Waals surface area contributed by atoms with E-state index in [1.807, 2.05) is 6.92 Å². The van der Waals surface area contributed by atoms with Crippen molar-refractivity contribution in [3.8, 4) is 0 Å². The standard InChI is InChI=1S/C12H13ClN4O/c1-2-17-11(10(14)7-15-17)12(18)16-9-5-3-4-8(13)6-9/h3-7H,2,14H2,1H3,(H,16,18). The highest BCUT2D eigenvalue weighted by Gasteiger charge is 2.16. The molecule has 0 atom stereocenters. The molecule has 1 amide bonds. The van der Waals surface area contributed by atoms with Crippen LogP contribution < -0.4 is 11.1 Å². The number of rotatable bonds is 3. The van der Waals surface area contributed by atoms with Gasteiger partial charge in [0, 0.05) is 17.3 Å². The number of carbonyl (C=O) groups excluding carboxylic acids is 1. The van der Waals surface area contributed by atoms with E-state index in [9.17, 15) is 4.79 Å². The second kappa shape index (κ2) is 5.10.